The second kappa shape index (κ2) is 4.08. The Morgan fingerprint density at radius 3 is 2.53 bits per heavy atom. The summed E-state index contributed by atoms with van der Waals surface area (Å²) in [5.41, 5.74) is 1.04. The average Bonchev–Trinajstić information content (AvgIpc) is 2.77. The van der Waals surface area contributed by atoms with Crippen molar-refractivity contribution in [1.29, 1.82) is 0 Å². The molecule has 1 aromatic carbocycles. The molecule has 0 amide bonds. The van der Waals surface area contributed by atoms with E-state index < -0.39 is 12.0 Å². The molecule has 0 saturated heterocycles. The van der Waals surface area contributed by atoms with Gasteiger partial charge < -0.3 is 9.84 Å². The third-order valence-corrected chi connectivity index (χ3v) is 2.11. The van der Waals surface area contributed by atoms with E-state index in [2.05, 4.69) is 20.0 Å². The molecule has 0 saturated carbocycles. The molecule has 0 atom stereocenters. The van der Waals surface area contributed by atoms with Crippen molar-refractivity contribution in [2.45, 2.75) is 6.18 Å². The molecule has 0 unspecified atom stereocenters. The molecule has 0 bridgehead atoms. The summed E-state index contributed by atoms with van der Waals surface area (Å²) >= 11 is 0. The second-order valence-electron chi connectivity index (χ2n) is 3.22. The quantitative estimate of drug-likeness (QED) is 0.881. The fourth-order valence-corrected chi connectivity index (χ4v) is 1.34. The number of rotatable bonds is 2. The first kappa shape index (κ1) is 11.4. The molecule has 7 heteroatoms. The number of alkyl halides is 3. The normalized spacial score (nSPS) is 11.5. The number of aromatic nitrogens is 2. The fourth-order valence-electron chi connectivity index (χ4n) is 1.34. The maximum atomic E-state index is 12.3. The number of para-hydroxylation sites is 1. The Kier molecular flexibility index (Phi) is 2.74. The molecule has 2 rings (SSSR count). The molecule has 90 valence electrons. The van der Waals surface area contributed by atoms with E-state index in [9.17, 15) is 13.2 Å². The molecule has 2 aromatic rings. The van der Waals surface area contributed by atoms with Crippen LogP contribution < -0.4 is 5.32 Å². The highest BCUT2D eigenvalue weighted by Crippen LogP contribution is 2.31. The van der Waals surface area contributed by atoms with E-state index in [1.807, 2.05) is 0 Å². The van der Waals surface area contributed by atoms with E-state index >= 15 is 0 Å². The Hall–Kier alpha value is -2.05. The number of nitrogens with zero attached hydrogens (tertiary/aromatic N) is 2. The number of anilines is 1. The molecule has 17 heavy (non-hydrogen) atoms. The highest BCUT2D eigenvalue weighted by molar-refractivity contribution is 5.72. The minimum atomic E-state index is -4.60. The third-order valence-electron chi connectivity index (χ3n) is 2.11. The fraction of sp³-hybridized carbons (Fsp3) is 0.200. The average molecular weight is 243 g/mol. The van der Waals surface area contributed by atoms with Crippen LogP contribution in [0.3, 0.4) is 0 Å². The first-order chi connectivity index (χ1) is 8.02. The topological polar surface area (TPSA) is 51.0 Å². The van der Waals surface area contributed by atoms with Crippen LogP contribution in [0.15, 0.2) is 28.8 Å². The molecule has 0 fully saturated rings. The summed E-state index contributed by atoms with van der Waals surface area (Å²) in [6, 6.07) is 6.72. The number of nitrogens with one attached hydrogen (secondary N) is 1. The van der Waals surface area contributed by atoms with Crippen molar-refractivity contribution < 1.29 is 17.7 Å². The summed E-state index contributed by atoms with van der Waals surface area (Å²) < 4.78 is 41.5. The van der Waals surface area contributed by atoms with E-state index in [-0.39, 0.29) is 5.89 Å². The first-order valence-corrected chi connectivity index (χ1v) is 4.70. The van der Waals surface area contributed by atoms with Crippen molar-refractivity contribution in [3.05, 3.63) is 30.1 Å². The minimum absolute atomic E-state index is 0.165. The summed E-state index contributed by atoms with van der Waals surface area (Å²) in [6.45, 7) is 0. The lowest BCUT2D eigenvalue weighted by Crippen LogP contribution is -2.07. The van der Waals surface area contributed by atoms with Gasteiger partial charge in [-0.25, -0.2) is 0 Å². The van der Waals surface area contributed by atoms with Crippen LogP contribution in [-0.2, 0) is 6.18 Å². The Labute approximate surface area is 94.4 Å². The van der Waals surface area contributed by atoms with Gasteiger partial charge in [0.15, 0.2) is 0 Å². The van der Waals surface area contributed by atoms with Crippen molar-refractivity contribution in [3.63, 3.8) is 0 Å². The zero-order valence-electron chi connectivity index (χ0n) is 8.75. The second-order valence-corrected chi connectivity index (χ2v) is 3.22. The molecule has 0 aliphatic rings. The molecule has 1 heterocycles. The highest BCUT2D eigenvalue weighted by Gasteiger charge is 2.37. The van der Waals surface area contributed by atoms with Gasteiger partial charge >= 0.3 is 6.18 Å². The monoisotopic (exact) mass is 243 g/mol. The zero-order valence-corrected chi connectivity index (χ0v) is 8.75. The Morgan fingerprint density at radius 1 is 1.24 bits per heavy atom. The third kappa shape index (κ3) is 2.22. The molecule has 0 radical (unpaired) electrons. The molecule has 0 aliphatic heterocycles. The highest BCUT2D eigenvalue weighted by atomic mass is 19.4. The van der Waals surface area contributed by atoms with E-state index in [0.29, 0.717) is 11.3 Å². The predicted octanol–water partition coefficient (Wildman–Crippen LogP) is 2.80. The van der Waals surface area contributed by atoms with Gasteiger partial charge in [-0.1, -0.05) is 17.3 Å². The van der Waals surface area contributed by atoms with Crippen LogP contribution in [0.2, 0.25) is 0 Å². The molecule has 1 N–H and O–H groups in total. The maximum absolute atomic E-state index is 12.3. The van der Waals surface area contributed by atoms with Crippen LogP contribution in [0.4, 0.5) is 18.9 Å². The first-order valence-electron chi connectivity index (χ1n) is 4.70. The Morgan fingerprint density at radius 2 is 1.94 bits per heavy atom. The summed E-state index contributed by atoms with van der Waals surface area (Å²) in [6.07, 6.45) is -4.60. The van der Waals surface area contributed by atoms with Gasteiger partial charge in [-0.05, 0) is 12.1 Å². The van der Waals surface area contributed by atoms with Crippen molar-refractivity contribution in [2.24, 2.45) is 0 Å². The smallest absolute Gasteiger partial charge is 0.387 e. The number of benzene rings is 1. The zero-order chi connectivity index (χ0) is 12.5. The van der Waals surface area contributed by atoms with Crippen LogP contribution in [-0.4, -0.2) is 17.2 Å². The molecular weight excluding hydrogens is 235 g/mol. The van der Waals surface area contributed by atoms with Gasteiger partial charge in [0, 0.05) is 12.7 Å². The Bertz CT molecular complexity index is 522. The molecule has 0 aliphatic carbocycles. The SMILES string of the molecule is CNc1ccccc1-c1nc(C(F)(F)F)no1. The van der Waals surface area contributed by atoms with Gasteiger partial charge in [-0.3, -0.25) is 0 Å². The predicted molar refractivity (Wildman–Crippen MR) is 54.3 cm³/mol. The Balaban J connectivity index is 2.44. The standard InChI is InChI=1S/C10H8F3N3O/c1-14-7-5-3-2-4-6(7)8-15-9(16-17-8)10(11,12)13/h2-5,14H,1H3. The van der Waals surface area contributed by atoms with Crippen LogP contribution in [0.1, 0.15) is 5.82 Å². The summed E-state index contributed by atoms with van der Waals surface area (Å²) in [7, 11) is 1.65. The van der Waals surface area contributed by atoms with E-state index in [1.165, 1.54) is 0 Å². The van der Waals surface area contributed by atoms with Crippen molar-refractivity contribution >= 4 is 5.69 Å². The van der Waals surface area contributed by atoms with Crippen molar-refractivity contribution in [1.82, 2.24) is 10.1 Å². The lowest BCUT2D eigenvalue weighted by Gasteiger charge is -2.03. The number of hydrogen-bond donors (Lipinski definition) is 1. The molecule has 0 spiro atoms. The minimum Gasteiger partial charge on any atom is -0.387 e. The lowest BCUT2D eigenvalue weighted by molar-refractivity contribution is -0.146. The van der Waals surface area contributed by atoms with Gasteiger partial charge in [-0.2, -0.15) is 18.2 Å². The molecule has 4 nitrogen and oxygen atoms in total. The van der Waals surface area contributed by atoms with E-state index in [1.54, 1.807) is 31.3 Å². The number of hydrogen-bond acceptors (Lipinski definition) is 4. The summed E-state index contributed by atoms with van der Waals surface area (Å²) in [4.78, 5) is 3.32. The van der Waals surface area contributed by atoms with Gasteiger partial charge in [0.25, 0.3) is 11.7 Å². The van der Waals surface area contributed by atoms with Crippen LogP contribution in [0, 0.1) is 0 Å². The summed E-state index contributed by atoms with van der Waals surface area (Å²) in [5.74, 6) is -1.44. The lowest BCUT2D eigenvalue weighted by atomic mass is 10.2. The van der Waals surface area contributed by atoms with Crippen LogP contribution in [0.5, 0.6) is 0 Å². The van der Waals surface area contributed by atoms with Gasteiger partial charge in [0.05, 0.1) is 5.56 Å². The van der Waals surface area contributed by atoms with Gasteiger partial charge in [0.2, 0.25) is 0 Å². The van der Waals surface area contributed by atoms with Crippen LogP contribution >= 0.6 is 0 Å². The molecular formula is C10H8F3N3O. The van der Waals surface area contributed by atoms with Crippen molar-refractivity contribution in [2.75, 3.05) is 12.4 Å². The van der Waals surface area contributed by atoms with Gasteiger partial charge in [-0.15, -0.1) is 0 Å². The number of halogens is 3. The van der Waals surface area contributed by atoms with Gasteiger partial charge in [0.1, 0.15) is 0 Å². The summed E-state index contributed by atoms with van der Waals surface area (Å²) in [5, 5.41) is 5.73. The van der Waals surface area contributed by atoms with Crippen molar-refractivity contribution in [3.8, 4) is 11.5 Å². The van der Waals surface area contributed by atoms with E-state index in [4.69, 9.17) is 0 Å². The maximum Gasteiger partial charge on any atom is 0.455 e. The largest absolute Gasteiger partial charge is 0.455 e. The molecule has 1 aromatic heterocycles. The van der Waals surface area contributed by atoms with E-state index in [0.717, 1.165) is 0 Å². The van der Waals surface area contributed by atoms with Crippen LogP contribution in [0.25, 0.3) is 11.5 Å².